The van der Waals surface area contributed by atoms with Crippen LogP contribution in [-0.2, 0) is 6.54 Å². The van der Waals surface area contributed by atoms with Crippen LogP contribution in [0.2, 0.25) is 0 Å². The largest absolute Gasteiger partial charge is 0.309 e. The Bertz CT molecular complexity index is 1180. The molecule has 1 aliphatic heterocycles. The quantitative estimate of drug-likeness (QED) is 0.569. The molecule has 0 amide bonds. The second-order valence-corrected chi connectivity index (χ2v) is 8.64. The van der Waals surface area contributed by atoms with Crippen molar-refractivity contribution in [3.63, 3.8) is 0 Å². The van der Waals surface area contributed by atoms with Crippen molar-refractivity contribution in [2.24, 2.45) is 0 Å². The van der Waals surface area contributed by atoms with E-state index in [0.29, 0.717) is 17.8 Å². The lowest BCUT2D eigenvalue weighted by Gasteiger charge is -2.31. The number of aryl methyl sites for hydroxylation is 1. The van der Waals surface area contributed by atoms with Gasteiger partial charge in [0.2, 0.25) is 0 Å². The molecular weight excluding hydrogens is 368 g/mol. The number of aromatic amines is 1. The van der Waals surface area contributed by atoms with Crippen molar-refractivity contribution >= 4 is 32.5 Å². The van der Waals surface area contributed by atoms with Crippen LogP contribution in [0.3, 0.4) is 0 Å². The minimum absolute atomic E-state index is 0.0524. The number of hydrogen-bond donors (Lipinski definition) is 1. The van der Waals surface area contributed by atoms with E-state index in [9.17, 15) is 4.79 Å². The van der Waals surface area contributed by atoms with Crippen molar-refractivity contribution in [1.82, 2.24) is 19.9 Å². The van der Waals surface area contributed by atoms with Gasteiger partial charge in [-0.25, -0.2) is 9.97 Å². The van der Waals surface area contributed by atoms with Gasteiger partial charge in [-0.15, -0.1) is 11.3 Å². The van der Waals surface area contributed by atoms with Crippen LogP contribution >= 0.6 is 11.3 Å². The molecule has 1 saturated heterocycles. The molecule has 5 nitrogen and oxygen atoms in total. The Kier molecular flexibility index (Phi) is 4.45. The monoisotopic (exact) mass is 390 g/mol. The fourth-order valence-electron chi connectivity index (χ4n) is 4.10. The van der Waals surface area contributed by atoms with Gasteiger partial charge < -0.3 is 4.98 Å². The standard InChI is InChI=1S/C22H22N4OS/c1-14-6-4-8-16-20(14)24-19(25-21(16)27)13-26-11-5-7-15(12-26)22-23-17-9-2-3-10-18(17)28-22/h2-4,6,8-10,15H,5,7,11-13H2,1H3,(H,24,25,27)/t15-/m0/s1. The Hall–Kier alpha value is -2.57. The number of hydrogen-bond acceptors (Lipinski definition) is 5. The van der Waals surface area contributed by atoms with Gasteiger partial charge in [-0.2, -0.15) is 0 Å². The van der Waals surface area contributed by atoms with Crippen molar-refractivity contribution in [3.05, 3.63) is 69.2 Å². The number of rotatable bonds is 3. The highest BCUT2D eigenvalue weighted by Gasteiger charge is 2.24. The van der Waals surface area contributed by atoms with Crippen LogP contribution in [0.1, 0.15) is 35.2 Å². The van der Waals surface area contributed by atoms with E-state index in [0.717, 1.165) is 48.4 Å². The predicted octanol–water partition coefficient (Wildman–Crippen LogP) is 4.22. The van der Waals surface area contributed by atoms with Crippen molar-refractivity contribution in [3.8, 4) is 0 Å². The summed E-state index contributed by atoms with van der Waals surface area (Å²) >= 11 is 1.81. The summed E-state index contributed by atoms with van der Waals surface area (Å²) in [4.78, 5) is 27.4. The summed E-state index contributed by atoms with van der Waals surface area (Å²) in [5, 5.41) is 1.89. The van der Waals surface area contributed by atoms with Gasteiger partial charge in [0.1, 0.15) is 5.82 Å². The number of aromatic nitrogens is 3. The molecule has 0 radical (unpaired) electrons. The summed E-state index contributed by atoms with van der Waals surface area (Å²) < 4.78 is 1.26. The lowest BCUT2D eigenvalue weighted by molar-refractivity contribution is 0.196. The molecular formula is C22H22N4OS. The van der Waals surface area contributed by atoms with E-state index in [-0.39, 0.29) is 5.56 Å². The van der Waals surface area contributed by atoms with Crippen LogP contribution in [0.15, 0.2) is 47.3 Å². The Balaban J connectivity index is 1.39. The molecule has 0 saturated carbocycles. The Labute approximate surface area is 167 Å². The first-order valence-electron chi connectivity index (χ1n) is 9.74. The highest BCUT2D eigenvalue weighted by atomic mass is 32.1. The van der Waals surface area contributed by atoms with Crippen LogP contribution in [-0.4, -0.2) is 32.9 Å². The van der Waals surface area contributed by atoms with E-state index in [1.807, 2.05) is 42.5 Å². The number of nitrogens with zero attached hydrogens (tertiary/aromatic N) is 3. The lowest BCUT2D eigenvalue weighted by atomic mass is 9.99. The first-order valence-corrected chi connectivity index (χ1v) is 10.6. The van der Waals surface area contributed by atoms with E-state index >= 15 is 0 Å². The summed E-state index contributed by atoms with van der Waals surface area (Å²) in [6.07, 6.45) is 2.30. The molecule has 2 aromatic carbocycles. The van der Waals surface area contributed by atoms with Crippen LogP contribution in [0.5, 0.6) is 0 Å². The summed E-state index contributed by atoms with van der Waals surface area (Å²) in [7, 11) is 0. The van der Waals surface area contributed by atoms with Gasteiger partial charge in [-0.3, -0.25) is 9.69 Å². The van der Waals surface area contributed by atoms with E-state index in [2.05, 4.69) is 28.1 Å². The molecule has 1 atom stereocenters. The van der Waals surface area contributed by atoms with Crippen LogP contribution in [0.25, 0.3) is 21.1 Å². The van der Waals surface area contributed by atoms with Gasteiger partial charge in [-0.1, -0.05) is 24.3 Å². The van der Waals surface area contributed by atoms with Crippen molar-refractivity contribution in [2.45, 2.75) is 32.2 Å². The third-order valence-corrected chi connectivity index (χ3v) is 6.72. The molecule has 0 unspecified atom stereocenters. The second kappa shape index (κ2) is 7.11. The molecule has 3 heterocycles. The smallest absolute Gasteiger partial charge is 0.258 e. The number of para-hydroxylation sites is 2. The van der Waals surface area contributed by atoms with Gasteiger partial charge in [0.25, 0.3) is 5.56 Å². The summed E-state index contributed by atoms with van der Waals surface area (Å²) in [6, 6.07) is 14.1. The van der Waals surface area contributed by atoms with Gasteiger partial charge in [0, 0.05) is 12.5 Å². The number of nitrogens with one attached hydrogen (secondary N) is 1. The highest BCUT2D eigenvalue weighted by molar-refractivity contribution is 7.18. The Morgan fingerprint density at radius 3 is 2.96 bits per heavy atom. The zero-order valence-corrected chi connectivity index (χ0v) is 16.6. The van der Waals surface area contributed by atoms with E-state index in [1.165, 1.54) is 9.71 Å². The number of benzene rings is 2. The third kappa shape index (κ3) is 3.23. The van der Waals surface area contributed by atoms with Crippen molar-refractivity contribution < 1.29 is 0 Å². The maximum absolute atomic E-state index is 12.5. The van der Waals surface area contributed by atoms with Gasteiger partial charge in [0.05, 0.1) is 32.7 Å². The predicted molar refractivity (Wildman–Crippen MR) is 114 cm³/mol. The zero-order chi connectivity index (χ0) is 19.1. The van der Waals surface area contributed by atoms with E-state index in [4.69, 9.17) is 9.97 Å². The number of fused-ring (bicyclic) bond motifs is 2. The molecule has 0 spiro atoms. The van der Waals surface area contributed by atoms with Gasteiger partial charge >= 0.3 is 0 Å². The number of piperidine rings is 1. The molecule has 142 valence electrons. The first-order chi connectivity index (χ1) is 13.7. The number of thiazole rings is 1. The molecule has 6 heteroatoms. The summed E-state index contributed by atoms with van der Waals surface area (Å²) in [6.45, 7) is 4.65. The molecule has 1 fully saturated rings. The SMILES string of the molecule is Cc1cccc2c(=O)[nH]c(CN3CCC[C@H](c4nc5ccccc5s4)C3)nc12. The Morgan fingerprint density at radius 2 is 2.07 bits per heavy atom. The van der Waals surface area contributed by atoms with Crippen LogP contribution in [0, 0.1) is 6.92 Å². The molecule has 28 heavy (non-hydrogen) atoms. The van der Waals surface area contributed by atoms with Gasteiger partial charge in [-0.05, 0) is 50.1 Å². The number of likely N-dealkylation sites (tertiary alicyclic amines) is 1. The van der Waals surface area contributed by atoms with Gasteiger partial charge in [0.15, 0.2) is 0 Å². The minimum atomic E-state index is -0.0524. The lowest BCUT2D eigenvalue weighted by Crippen LogP contribution is -2.35. The molecule has 5 rings (SSSR count). The van der Waals surface area contributed by atoms with Crippen molar-refractivity contribution in [2.75, 3.05) is 13.1 Å². The minimum Gasteiger partial charge on any atom is -0.309 e. The van der Waals surface area contributed by atoms with Crippen molar-refractivity contribution in [1.29, 1.82) is 0 Å². The second-order valence-electron chi connectivity index (χ2n) is 7.58. The van der Waals surface area contributed by atoms with Crippen LogP contribution < -0.4 is 5.56 Å². The molecule has 2 aromatic heterocycles. The average Bonchev–Trinajstić information content (AvgIpc) is 3.14. The first kappa shape index (κ1) is 17.5. The molecule has 1 aliphatic rings. The third-order valence-electron chi connectivity index (χ3n) is 5.53. The maximum Gasteiger partial charge on any atom is 0.258 e. The van der Waals surface area contributed by atoms with Crippen LogP contribution in [0.4, 0.5) is 0 Å². The number of H-pyrrole nitrogens is 1. The topological polar surface area (TPSA) is 61.9 Å². The molecule has 0 aliphatic carbocycles. The fraction of sp³-hybridized carbons (Fsp3) is 0.318. The summed E-state index contributed by atoms with van der Waals surface area (Å²) in [5.74, 6) is 1.19. The highest BCUT2D eigenvalue weighted by Crippen LogP contribution is 2.33. The maximum atomic E-state index is 12.5. The molecule has 1 N–H and O–H groups in total. The zero-order valence-electron chi connectivity index (χ0n) is 15.8. The Morgan fingerprint density at radius 1 is 1.18 bits per heavy atom. The summed E-state index contributed by atoms with van der Waals surface area (Å²) in [5.41, 5.74) is 2.89. The average molecular weight is 391 g/mol. The van der Waals surface area contributed by atoms with E-state index in [1.54, 1.807) is 0 Å². The fourth-order valence-corrected chi connectivity index (χ4v) is 5.20. The normalized spacial score (nSPS) is 18.1. The molecule has 4 aromatic rings. The van der Waals surface area contributed by atoms with E-state index < -0.39 is 0 Å². The molecule has 0 bridgehead atoms.